The van der Waals surface area contributed by atoms with Gasteiger partial charge in [0.25, 0.3) is 0 Å². The number of rotatable bonds is 8. The van der Waals surface area contributed by atoms with Gasteiger partial charge in [-0.05, 0) is 36.6 Å². The molecule has 0 amide bonds. The van der Waals surface area contributed by atoms with Crippen molar-refractivity contribution in [1.29, 1.82) is 0 Å². The SMILES string of the molecule is CCC(CS(=O)(=O)c1ccccc1)NC(=NC)NCCc1ccccc1F. The highest BCUT2D eigenvalue weighted by Crippen LogP contribution is 2.12. The topological polar surface area (TPSA) is 70.6 Å². The van der Waals surface area contributed by atoms with E-state index in [1.807, 2.05) is 6.92 Å². The summed E-state index contributed by atoms with van der Waals surface area (Å²) in [5.74, 6) is 0.241. The van der Waals surface area contributed by atoms with E-state index in [0.29, 0.717) is 35.8 Å². The molecule has 0 spiro atoms. The highest BCUT2D eigenvalue weighted by atomic mass is 32.2. The standard InChI is InChI=1S/C20H26FN3O2S/c1-3-17(15-27(25,26)18-10-5-4-6-11-18)24-20(22-2)23-14-13-16-9-7-8-12-19(16)21/h4-12,17H,3,13-15H2,1-2H3,(H2,22,23,24). The van der Waals surface area contributed by atoms with Crippen LogP contribution in [0.5, 0.6) is 0 Å². The monoisotopic (exact) mass is 391 g/mol. The summed E-state index contributed by atoms with van der Waals surface area (Å²) in [5, 5.41) is 6.26. The van der Waals surface area contributed by atoms with Crippen LogP contribution in [0, 0.1) is 5.82 Å². The molecule has 2 aromatic carbocycles. The quantitative estimate of drug-likeness (QED) is 0.536. The van der Waals surface area contributed by atoms with Gasteiger partial charge in [0.05, 0.1) is 10.6 Å². The van der Waals surface area contributed by atoms with E-state index in [0.717, 1.165) is 0 Å². The molecule has 0 aliphatic carbocycles. The van der Waals surface area contributed by atoms with Crippen molar-refractivity contribution in [2.75, 3.05) is 19.3 Å². The van der Waals surface area contributed by atoms with Gasteiger partial charge >= 0.3 is 0 Å². The second-order valence-electron chi connectivity index (χ2n) is 6.18. The first kappa shape index (κ1) is 20.9. The molecule has 0 saturated heterocycles. The number of hydrogen-bond donors (Lipinski definition) is 2. The zero-order valence-electron chi connectivity index (χ0n) is 15.7. The van der Waals surface area contributed by atoms with Crippen LogP contribution in [-0.4, -0.2) is 39.8 Å². The normalized spacial score (nSPS) is 13.2. The molecule has 0 radical (unpaired) electrons. The Bertz CT molecular complexity index is 855. The molecule has 0 aliphatic heterocycles. The van der Waals surface area contributed by atoms with Crippen molar-refractivity contribution in [2.24, 2.45) is 4.99 Å². The Morgan fingerprint density at radius 1 is 1.11 bits per heavy atom. The van der Waals surface area contributed by atoms with Crippen LogP contribution < -0.4 is 10.6 Å². The molecule has 0 saturated carbocycles. The number of sulfone groups is 1. The third-order valence-electron chi connectivity index (χ3n) is 4.22. The van der Waals surface area contributed by atoms with Crippen molar-refractivity contribution in [1.82, 2.24) is 10.6 Å². The summed E-state index contributed by atoms with van der Waals surface area (Å²) < 4.78 is 38.8. The lowest BCUT2D eigenvalue weighted by molar-refractivity contribution is 0.568. The van der Waals surface area contributed by atoms with E-state index in [4.69, 9.17) is 0 Å². The van der Waals surface area contributed by atoms with Gasteiger partial charge < -0.3 is 10.6 Å². The number of benzene rings is 2. The third-order valence-corrected chi connectivity index (χ3v) is 6.06. The summed E-state index contributed by atoms with van der Waals surface area (Å²) in [4.78, 5) is 4.45. The fourth-order valence-corrected chi connectivity index (χ4v) is 4.27. The summed E-state index contributed by atoms with van der Waals surface area (Å²) in [6.07, 6.45) is 1.13. The van der Waals surface area contributed by atoms with E-state index in [1.165, 1.54) is 6.07 Å². The van der Waals surface area contributed by atoms with Crippen LogP contribution in [0.25, 0.3) is 0 Å². The Morgan fingerprint density at radius 3 is 2.41 bits per heavy atom. The van der Waals surface area contributed by atoms with Crippen molar-refractivity contribution < 1.29 is 12.8 Å². The number of aliphatic imine (C=N–C) groups is 1. The van der Waals surface area contributed by atoms with Crippen LogP contribution >= 0.6 is 0 Å². The van der Waals surface area contributed by atoms with Crippen LogP contribution in [0.3, 0.4) is 0 Å². The largest absolute Gasteiger partial charge is 0.356 e. The molecule has 1 unspecified atom stereocenters. The number of nitrogens with one attached hydrogen (secondary N) is 2. The van der Waals surface area contributed by atoms with Gasteiger partial charge in [-0.15, -0.1) is 0 Å². The smallest absolute Gasteiger partial charge is 0.191 e. The molecule has 2 N–H and O–H groups in total. The Kier molecular flexibility index (Phi) is 7.79. The summed E-state index contributed by atoms with van der Waals surface area (Å²) in [6.45, 7) is 2.41. The Balaban J connectivity index is 1.92. The molecule has 2 aromatic rings. The van der Waals surface area contributed by atoms with Crippen LogP contribution in [0.15, 0.2) is 64.5 Å². The molecule has 7 heteroatoms. The summed E-state index contributed by atoms with van der Waals surface area (Å²) in [5.41, 5.74) is 0.624. The predicted molar refractivity (Wildman–Crippen MR) is 107 cm³/mol. The van der Waals surface area contributed by atoms with E-state index in [-0.39, 0.29) is 17.6 Å². The molecule has 0 aromatic heterocycles. The lowest BCUT2D eigenvalue weighted by Gasteiger charge is -2.20. The molecule has 0 bridgehead atoms. The molecule has 2 rings (SSSR count). The van der Waals surface area contributed by atoms with Crippen molar-refractivity contribution in [2.45, 2.75) is 30.7 Å². The Hall–Kier alpha value is -2.41. The maximum atomic E-state index is 13.7. The van der Waals surface area contributed by atoms with E-state index < -0.39 is 9.84 Å². The maximum absolute atomic E-state index is 13.7. The molecule has 0 fully saturated rings. The van der Waals surface area contributed by atoms with Crippen LogP contribution in [-0.2, 0) is 16.3 Å². The maximum Gasteiger partial charge on any atom is 0.191 e. The molecule has 5 nitrogen and oxygen atoms in total. The van der Waals surface area contributed by atoms with Crippen molar-refractivity contribution >= 4 is 15.8 Å². The van der Waals surface area contributed by atoms with Crippen molar-refractivity contribution in [3.63, 3.8) is 0 Å². The molecular formula is C20H26FN3O2S. The van der Waals surface area contributed by atoms with Crippen LogP contribution in [0.4, 0.5) is 4.39 Å². The number of hydrogen-bond acceptors (Lipinski definition) is 3. The third kappa shape index (κ3) is 6.36. The highest BCUT2D eigenvalue weighted by Gasteiger charge is 2.20. The second kappa shape index (κ2) is 10.1. The highest BCUT2D eigenvalue weighted by molar-refractivity contribution is 7.91. The van der Waals surface area contributed by atoms with Crippen molar-refractivity contribution in [3.8, 4) is 0 Å². The minimum Gasteiger partial charge on any atom is -0.356 e. The molecule has 0 heterocycles. The minimum absolute atomic E-state index is 0.0263. The number of guanidine groups is 1. The van der Waals surface area contributed by atoms with Gasteiger partial charge in [-0.3, -0.25) is 4.99 Å². The van der Waals surface area contributed by atoms with E-state index in [9.17, 15) is 12.8 Å². The first-order valence-electron chi connectivity index (χ1n) is 8.94. The molecule has 27 heavy (non-hydrogen) atoms. The van der Waals surface area contributed by atoms with Gasteiger partial charge in [-0.25, -0.2) is 12.8 Å². The number of halogens is 1. The average Bonchev–Trinajstić information content (AvgIpc) is 2.68. The lowest BCUT2D eigenvalue weighted by atomic mass is 10.1. The average molecular weight is 392 g/mol. The van der Waals surface area contributed by atoms with Gasteiger partial charge in [0.15, 0.2) is 15.8 Å². The minimum atomic E-state index is -3.39. The van der Waals surface area contributed by atoms with Gasteiger partial charge in [-0.1, -0.05) is 43.3 Å². The van der Waals surface area contributed by atoms with E-state index in [1.54, 1.807) is 55.6 Å². The zero-order valence-corrected chi connectivity index (χ0v) is 16.5. The van der Waals surface area contributed by atoms with E-state index >= 15 is 0 Å². The van der Waals surface area contributed by atoms with Crippen molar-refractivity contribution in [3.05, 3.63) is 66.0 Å². The van der Waals surface area contributed by atoms with Crippen LogP contribution in [0.2, 0.25) is 0 Å². The fourth-order valence-electron chi connectivity index (χ4n) is 2.66. The summed E-state index contributed by atoms with van der Waals surface area (Å²) >= 11 is 0. The Morgan fingerprint density at radius 2 is 1.78 bits per heavy atom. The van der Waals surface area contributed by atoms with Gasteiger partial charge in [-0.2, -0.15) is 0 Å². The number of nitrogens with zero attached hydrogens (tertiary/aromatic N) is 1. The Labute approximate surface area is 160 Å². The van der Waals surface area contributed by atoms with Crippen LogP contribution in [0.1, 0.15) is 18.9 Å². The first-order chi connectivity index (χ1) is 13.0. The van der Waals surface area contributed by atoms with Gasteiger partial charge in [0.2, 0.25) is 0 Å². The second-order valence-corrected chi connectivity index (χ2v) is 8.22. The summed E-state index contributed by atoms with van der Waals surface area (Å²) in [7, 11) is -1.77. The lowest BCUT2D eigenvalue weighted by Crippen LogP contribution is -2.46. The van der Waals surface area contributed by atoms with E-state index in [2.05, 4.69) is 15.6 Å². The first-order valence-corrected chi connectivity index (χ1v) is 10.6. The zero-order chi connectivity index (χ0) is 19.7. The molecular weight excluding hydrogens is 365 g/mol. The molecule has 146 valence electrons. The predicted octanol–water partition coefficient (Wildman–Crippen LogP) is 2.79. The molecule has 1 atom stereocenters. The fraction of sp³-hybridized carbons (Fsp3) is 0.350. The molecule has 0 aliphatic rings. The van der Waals surface area contributed by atoms with Gasteiger partial charge in [0, 0.05) is 19.6 Å². The summed E-state index contributed by atoms with van der Waals surface area (Å²) in [6, 6.07) is 14.8. The van der Waals surface area contributed by atoms with Gasteiger partial charge in [0.1, 0.15) is 5.82 Å².